The second kappa shape index (κ2) is 5.65. The van der Waals surface area contributed by atoms with E-state index in [1.54, 1.807) is 11.8 Å². The fourth-order valence-corrected chi connectivity index (χ4v) is 2.47. The molecule has 76 valence electrons. The summed E-state index contributed by atoms with van der Waals surface area (Å²) >= 11 is 1.76. The Labute approximate surface area is 86.2 Å². The van der Waals surface area contributed by atoms with Crippen molar-refractivity contribution in [3.8, 4) is 0 Å². The van der Waals surface area contributed by atoms with Gasteiger partial charge in [-0.15, -0.1) is 0 Å². The summed E-state index contributed by atoms with van der Waals surface area (Å²) in [5.74, 6) is 1.47. The quantitative estimate of drug-likeness (QED) is 0.763. The van der Waals surface area contributed by atoms with Crippen molar-refractivity contribution in [2.75, 3.05) is 24.6 Å². The molecule has 5 heteroatoms. The SMILES string of the molecule is CCS(=O)CCNC1=NCC(C)S1. The molecular weight excluding hydrogens is 204 g/mol. The van der Waals surface area contributed by atoms with Crippen LogP contribution in [0.15, 0.2) is 4.99 Å². The maximum Gasteiger partial charge on any atom is 0.156 e. The zero-order valence-corrected chi connectivity index (χ0v) is 9.71. The lowest BCUT2D eigenvalue weighted by Crippen LogP contribution is -2.25. The molecule has 0 amide bonds. The summed E-state index contributed by atoms with van der Waals surface area (Å²) in [6.07, 6.45) is 0. The molecule has 2 unspecified atom stereocenters. The average Bonchev–Trinajstić information content (AvgIpc) is 2.51. The number of aliphatic imine (C=N–C) groups is 1. The normalized spacial score (nSPS) is 24.2. The fourth-order valence-electron chi connectivity index (χ4n) is 0.990. The van der Waals surface area contributed by atoms with Gasteiger partial charge >= 0.3 is 0 Å². The lowest BCUT2D eigenvalue weighted by molar-refractivity contribution is 0.682. The van der Waals surface area contributed by atoms with Gasteiger partial charge in [-0.05, 0) is 0 Å². The summed E-state index contributed by atoms with van der Waals surface area (Å²) in [7, 11) is -0.662. The maximum absolute atomic E-state index is 11.1. The van der Waals surface area contributed by atoms with Gasteiger partial charge in [0.25, 0.3) is 0 Å². The van der Waals surface area contributed by atoms with Gasteiger partial charge in [-0.3, -0.25) is 9.20 Å². The largest absolute Gasteiger partial charge is 0.364 e. The van der Waals surface area contributed by atoms with E-state index in [0.29, 0.717) is 5.25 Å². The minimum Gasteiger partial charge on any atom is -0.364 e. The Bertz CT molecular complexity index is 218. The molecule has 0 spiro atoms. The molecule has 1 rings (SSSR count). The Morgan fingerprint density at radius 2 is 2.54 bits per heavy atom. The first-order valence-electron chi connectivity index (χ1n) is 4.52. The Morgan fingerprint density at radius 1 is 1.77 bits per heavy atom. The summed E-state index contributed by atoms with van der Waals surface area (Å²) in [4.78, 5) is 4.31. The second-order valence-corrected chi connectivity index (χ2v) is 6.23. The van der Waals surface area contributed by atoms with Crippen LogP contribution in [0.25, 0.3) is 0 Å². The molecule has 0 saturated carbocycles. The van der Waals surface area contributed by atoms with E-state index >= 15 is 0 Å². The molecule has 0 aliphatic carbocycles. The predicted molar refractivity (Wildman–Crippen MR) is 60.9 cm³/mol. The van der Waals surface area contributed by atoms with Crippen molar-refractivity contribution in [3.05, 3.63) is 0 Å². The van der Waals surface area contributed by atoms with Crippen molar-refractivity contribution in [2.24, 2.45) is 4.99 Å². The van der Waals surface area contributed by atoms with Crippen molar-refractivity contribution in [3.63, 3.8) is 0 Å². The zero-order chi connectivity index (χ0) is 9.68. The van der Waals surface area contributed by atoms with Crippen LogP contribution in [-0.2, 0) is 10.8 Å². The molecule has 2 atom stereocenters. The molecule has 0 bridgehead atoms. The van der Waals surface area contributed by atoms with Gasteiger partial charge < -0.3 is 5.32 Å². The van der Waals surface area contributed by atoms with Crippen LogP contribution in [0.3, 0.4) is 0 Å². The van der Waals surface area contributed by atoms with Crippen molar-refractivity contribution in [1.29, 1.82) is 0 Å². The van der Waals surface area contributed by atoms with Crippen LogP contribution in [0.4, 0.5) is 0 Å². The molecule has 0 fully saturated rings. The Morgan fingerprint density at radius 3 is 3.08 bits per heavy atom. The summed E-state index contributed by atoms with van der Waals surface area (Å²) in [5.41, 5.74) is 0. The van der Waals surface area contributed by atoms with E-state index < -0.39 is 10.8 Å². The standard InChI is InChI=1S/C8H16N2OS2/c1-3-13(11)5-4-9-8-10-6-7(2)12-8/h7H,3-6H2,1-2H3,(H,9,10). The smallest absolute Gasteiger partial charge is 0.156 e. The molecule has 0 aromatic heterocycles. The Balaban J connectivity index is 2.10. The minimum absolute atomic E-state index is 0.596. The van der Waals surface area contributed by atoms with E-state index in [4.69, 9.17) is 0 Å². The van der Waals surface area contributed by atoms with Crippen molar-refractivity contribution >= 4 is 27.7 Å². The minimum atomic E-state index is -0.662. The van der Waals surface area contributed by atoms with E-state index in [2.05, 4.69) is 17.2 Å². The molecule has 3 nitrogen and oxygen atoms in total. The summed E-state index contributed by atoms with van der Waals surface area (Å²) in [6, 6.07) is 0. The number of nitrogens with zero attached hydrogens (tertiary/aromatic N) is 1. The highest BCUT2D eigenvalue weighted by molar-refractivity contribution is 8.14. The van der Waals surface area contributed by atoms with Crippen molar-refractivity contribution in [2.45, 2.75) is 19.1 Å². The van der Waals surface area contributed by atoms with Gasteiger partial charge in [0.15, 0.2) is 5.17 Å². The highest BCUT2D eigenvalue weighted by Gasteiger charge is 2.13. The molecular formula is C8H16N2OS2. The third-order valence-corrected chi connectivity index (χ3v) is 4.08. The average molecular weight is 220 g/mol. The highest BCUT2D eigenvalue weighted by atomic mass is 32.2. The number of rotatable bonds is 4. The first kappa shape index (κ1) is 11.0. The van der Waals surface area contributed by atoms with E-state index in [1.165, 1.54) is 0 Å². The molecule has 1 aliphatic rings. The van der Waals surface area contributed by atoms with Gasteiger partial charge in [-0.2, -0.15) is 0 Å². The van der Waals surface area contributed by atoms with Gasteiger partial charge in [-0.1, -0.05) is 25.6 Å². The lowest BCUT2D eigenvalue weighted by atomic mass is 10.5. The third kappa shape index (κ3) is 4.13. The van der Waals surface area contributed by atoms with Crippen molar-refractivity contribution in [1.82, 2.24) is 5.32 Å². The number of amidine groups is 1. The van der Waals surface area contributed by atoms with Crippen LogP contribution in [0.1, 0.15) is 13.8 Å². The van der Waals surface area contributed by atoms with Gasteiger partial charge in [-0.25, -0.2) is 0 Å². The van der Waals surface area contributed by atoms with Gasteiger partial charge in [0.05, 0.1) is 6.54 Å². The number of hydrogen-bond acceptors (Lipinski definition) is 4. The van der Waals surface area contributed by atoms with Gasteiger partial charge in [0, 0.05) is 34.1 Å². The first-order chi connectivity index (χ1) is 6.22. The maximum atomic E-state index is 11.1. The van der Waals surface area contributed by atoms with Gasteiger partial charge in [0.2, 0.25) is 0 Å². The number of hydrogen-bond donors (Lipinski definition) is 1. The summed E-state index contributed by atoms with van der Waals surface area (Å²) in [5, 5.41) is 4.81. The van der Waals surface area contributed by atoms with E-state index in [1.807, 2.05) is 6.92 Å². The lowest BCUT2D eigenvalue weighted by Gasteiger charge is -2.04. The highest BCUT2D eigenvalue weighted by Crippen LogP contribution is 2.17. The van der Waals surface area contributed by atoms with Crippen molar-refractivity contribution < 1.29 is 4.21 Å². The number of thioether (sulfide) groups is 1. The van der Waals surface area contributed by atoms with Crippen LogP contribution < -0.4 is 5.32 Å². The monoisotopic (exact) mass is 220 g/mol. The number of nitrogens with one attached hydrogen (secondary N) is 1. The summed E-state index contributed by atoms with van der Waals surface area (Å²) < 4.78 is 11.1. The van der Waals surface area contributed by atoms with E-state index in [9.17, 15) is 4.21 Å². The topological polar surface area (TPSA) is 41.5 Å². The first-order valence-corrected chi connectivity index (χ1v) is 6.89. The zero-order valence-electron chi connectivity index (χ0n) is 8.08. The molecule has 1 N–H and O–H groups in total. The van der Waals surface area contributed by atoms with Crippen LogP contribution in [0.5, 0.6) is 0 Å². The van der Waals surface area contributed by atoms with E-state index in [0.717, 1.165) is 29.8 Å². The summed E-state index contributed by atoms with van der Waals surface area (Å²) in [6.45, 7) is 5.79. The third-order valence-electron chi connectivity index (χ3n) is 1.73. The molecule has 13 heavy (non-hydrogen) atoms. The molecule has 0 radical (unpaired) electrons. The molecule has 0 aromatic rings. The second-order valence-electron chi connectivity index (χ2n) is 2.93. The van der Waals surface area contributed by atoms with Gasteiger partial charge in [0.1, 0.15) is 0 Å². The molecule has 0 aromatic carbocycles. The molecule has 0 saturated heterocycles. The predicted octanol–water partition coefficient (Wildman–Crippen LogP) is 0.836. The Hall–Kier alpha value is -0.0300. The van der Waals surface area contributed by atoms with Crippen LogP contribution in [0.2, 0.25) is 0 Å². The molecule has 1 aliphatic heterocycles. The molecule has 1 heterocycles. The van der Waals surface area contributed by atoms with E-state index in [-0.39, 0.29) is 0 Å². The van der Waals surface area contributed by atoms with Crippen LogP contribution in [0, 0.1) is 0 Å². The fraction of sp³-hybridized carbons (Fsp3) is 0.875. The van der Waals surface area contributed by atoms with Crippen LogP contribution >= 0.6 is 11.8 Å². The van der Waals surface area contributed by atoms with Crippen LogP contribution in [-0.4, -0.2) is 39.2 Å². The Kier molecular flexibility index (Phi) is 4.80.